The van der Waals surface area contributed by atoms with Gasteiger partial charge in [-0.1, -0.05) is 6.07 Å². The lowest BCUT2D eigenvalue weighted by Crippen LogP contribution is -2.35. The molecule has 0 amide bonds. The molecule has 1 aromatic heterocycles. The largest absolute Gasteiger partial charge is 0.493 e. The van der Waals surface area contributed by atoms with E-state index in [-0.39, 0.29) is 6.73 Å². The van der Waals surface area contributed by atoms with E-state index < -0.39 is 11.2 Å². The summed E-state index contributed by atoms with van der Waals surface area (Å²) in [6, 6.07) is 5.47. The highest BCUT2D eigenvalue weighted by atomic mass is 16.5. The van der Waals surface area contributed by atoms with Crippen molar-refractivity contribution >= 4 is 0 Å². The van der Waals surface area contributed by atoms with Crippen LogP contribution in [-0.2, 0) is 17.9 Å². The average Bonchev–Trinajstić information content (AvgIpc) is 2.55. The molecule has 0 atom stereocenters. The molecule has 1 N–H and O–H groups in total. The maximum Gasteiger partial charge on any atom is 0.330 e. The van der Waals surface area contributed by atoms with Crippen molar-refractivity contribution in [3.8, 4) is 11.5 Å². The lowest BCUT2D eigenvalue weighted by atomic mass is 10.1. The second-order valence-electron chi connectivity index (χ2n) is 5.04. The number of aromatic amines is 1. The minimum absolute atomic E-state index is 0.0685. The average molecular weight is 320 g/mol. The Balaban J connectivity index is 2.51. The first-order chi connectivity index (χ1) is 11.0. The number of benzene rings is 1. The summed E-state index contributed by atoms with van der Waals surface area (Å²) >= 11 is 0. The first-order valence-corrected chi connectivity index (χ1v) is 7.04. The fourth-order valence-electron chi connectivity index (χ4n) is 2.39. The maximum absolute atomic E-state index is 12.0. The summed E-state index contributed by atoms with van der Waals surface area (Å²) < 4.78 is 17.0. The van der Waals surface area contributed by atoms with Gasteiger partial charge in [0.25, 0.3) is 5.56 Å². The van der Waals surface area contributed by atoms with E-state index in [1.807, 2.05) is 12.1 Å². The maximum atomic E-state index is 12.0. The molecule has 1 aromatic carbocycles. The molecule has 1 heterocycles. The van der Waals surface area contributed by atoms with Crippen molar-refractivity contribution in [3.05, 3.63) is 55.9 Å². The van der Waals surface area contributed by atoms with Gasteiger partial charge < -0.3 is 14.2 Å². The van der Waals surface area contributed by atoms with Crippen molar-refractivity contribution in [2.45, 2.75) is 20.1 Å². The van der Waals surface area contributed by atoms with Crippen LogP contribution in [0, 0.1) is 6.92 Å². The summed E-state index contributed by atoms with van der Waals surface area (Å²) in [6.45, 7) is 1.75. The second-order valence-corrected chi connectivity index (χ2v) is 5.04. The van der Waals surface area contributed by atoms with E-state index in [2.05, 4.69) is 4.98 Å². The lowest BCUT2D eigenvalue weighted by Gasteiger charge is -2.15. The second kappa shape index (κ2) is 7.15. The summed E-state index contributed by atoms with van der Waals surface area (Å²) in [5, 5.41) is 0. The number of ether oxygens (including phenoxy) is 3. The van der Waals surface area contributed by atoms with Gasteiger partial charge in [-0.15, -0.1) is 0 Å². The summed E-state index contributed by atoms with van der Waals surface area (Å²) in [5.41, 5.74) is 1.10. The molecule has 2 rings (SSSR count). The van der Waals surface area contributed by atoms with Crippen LogP contribution in [0.1, 0.15) is 16.8 Å². The highest BCUT2D eigenvalue weighted by molar-refractivity contribution is 5.44. The standard InChI is InChI=1S/C16H20N2O5/c1-10-12(18(9-21-2)16(20)17-15(10)19)7-11-5-6-13(22-3)14(8-11)23-4/h5-6,8H,7,9H2,1-4H3,(H,17,19,20). The number of nitrogens with one attached hydrogen (secondary N) is 1. The van der Waals surface area contributed by atoms with Gasteiger partial charge in [0.2, 0.25) is 0 Å². The Kier molecular flexibility index (Phi) is 5.23. The molecule has 0 spiro atoms. The summed E-state index contributed by atoms with van der Waals surface area (Å²) in [4.78, 5) is 26.2. The highest BCUT2D eigenvalue weighted by Gasteiger charge is 2.13. The van der Waals surface area contributed by atoms with Crippen molar-refractivity contribution in [2.24, 2.45) is 0 Å². The fraction of sp³-hybridized carbons (Fsp3) is 0.375. The predicted octanol–water partition coefficient (Wildman–Crippen LogP) is 1.06. The van der Waals surface area contributed by atoms with Crippen molar-refractivity contribution in [3.63, 3.8) is 0 Å². The molecule has 0 aliphatic carbocycles. The van der Waals surface area contributed by atoms with Crippen LogP contribution in [-0.4, -0.2) is 30.9 Å². The minimum Gasteiger partial charge on any atom is -0.493 e. The molecule has 2 aromatic rings. The van der Waals surface area contributed by atoms with Crippen LogP contribution in [0.4, 0.5) is 0 Å². The third-order valence-corrected chi connectivity index (χ3v) is 3.64. The van der Waals surface area contributed by atoms with Gasteiger partial charge in [-0.05, 0) is 24.6 Å². The Morgan fingerprint density at radius 2 is 1.78 bits per heavy atom. The van der Waals surface area contributed by atoms with Gasteiger partial charge in [0, 0.05) is 24.8 Å². The van der Waals surface area contributed by atoms with Gasteiger partial charge in [0.05, 0.1) is 14.2 Å². The molecule has 0 unspecified atom stereocenters. The molecule has 7 nitrogen and oxygen atoms in total. The van der Waals surface area contributed by atoms with E-state index in [9.17, 15) is 9.59 Å². The molecular formula is C16H20N2O5. The summed E-state index contributed by atoms with van der Waals surface area (Å²) in [6.07, 6.45) is 0.398. The van der Waals surface area contributed by atoms with Crippen LogP contribution in [0.2, 0.25) is 0 Å². The van der Waals surface area contributed by atoms with Gasteiger partial charge in [-0.3, -0.25) is 14.3 Å². The topological polar surface area (TPSA) is 82.6 Å². The third kappa shape index (κ3) is 3.45. The van der Waals surface area contributed by atoms with Crippen molar-refractivity contribution < 1.29 is 14.2 Å². The van der Waals surface area contributed by atoms with Crippen LogP contribution in [0.25, 0.3) is 0 Å². The molecular weight excluding hydrogens is 300 g/mol. The van der Waals surface area contributed by atoms with Crippen LogP contribution >= 0.6 is 0 Å². The van der Waals surface area contributed by atoms with E-state index >= 15 is 0 Å². The molecule has 0 saturated heterocycles. The van der Waals surface area contributed by atoms with Crippen molar-refractivity contribution in [1.29, 1.82) is 0 Å². The molecule has 23 heavy (non-hydrogen) atoms. The number of hydrogen-bond donors (Lipinski definition) is 1. The fourth-order valence-corrected chi connectivity index (χ4v) is 2.39. The van der Waals surface area contributed by atoms with Crippen LogP contribution < -0.4 is 20.7 Å². The molecule has 0 aliphatic heterocycles. The van der Waals surface area contributed by atoms with Crippen LogP contribution in [0.3, 0.4) is 0 Å². The Hall–Kier alpha value is -2.54. The number of aromatic nitrogens is 2. The van der Waals surface area contributed by atoms with E-state index in [1.54, 1.807) is 27.2 Å². The van der Waals surface area contributed by atoms with E-state index in [1.165, 1.54) is 11.7 Å². The summed E-state index contributed by atoms with van der Waals surface area (Å²) in [7, 11) is 4.61. The Morgan fingerprint density at radius 1 is 1.09 bits per heavy atom. The zero-order valence-corrected chi connectivity index (χ0v) is 13.6. The first-order valence-electron chi connectivity index (χ1n) is 7.04. The van der Waals surface area contributed by atoms with Crippen LogP contribution in [0.5, 0.6) is 11.5 Å². The number of nitrogens with zero attached hydrogens (tertiary/aromatic N) is 1. The SMILES string of the molecule is COCn1c(Cc2ccc(OC)c(OC)c2)c(C)c(=O)[nH]c1=O. The Morgan fingerprint density at radius 3 is 2.39 bits per heavy atom. The first kappa shape index (κ1) is 16.8. The Bertz CT molecular complexity index is 807. The van der Waals surface area contributed by atoms with E-state index in [0.29, 0.717) is 29.2 Å². The van der Waals surface area contributed by atoms with Gasteiger partial charge in [-0.25, -0.2) is 4.79 Å². The molecule has 0 aliphatic rings. The monoisotopic (exact) mass is 320 g/mol. The van der Waals surface area contributed by atoms with Crippen LogP contribution in [0.15, 0.2) is 27.8 Å². The molecule has 124 valence electrons. The molecule has 0 fully saturated rings. The number of methoxy groups -OCH3 is 3. The Labute approximate surface area is 133 Å². The number of H-pyrrole nitrogens is 1. The normalized spacial score (nSPS) is 10.6. The number of rotatable bonds is 6. The van der Waals surface area contributed by atoms with Crippen molar-refractivity contribution in [2.75, 3.05) is 21.3 Å². The molecule has 0 bridgehead atoms. The molecule has 0 radical (unpaired) electrons. The van der Waals surface area contributed by atoms with Gasteiger partial charge in [-0.2, -0.15) is 0 Å². The van der Waals surface area contributed by atoms with Gasteiger partial charge >= 0.3 is 5.69 Å². The van der Waals surface area contributed by atoms with Gasteiger partial charge in [0.15, 0.2) is 11.5 Å². The zero-order valence-electron chi connectivity index (χ0n) is 13.6. The number of hydrogen-bond acceptors (Lipinski definition) is 5. The molecule has 7 heteroatoms. The summed E-state index contributed by atoms with van der Waals surface area (Å²) in [5.74, 6) is 1.21. The van der Waals surface area contributed by atoms with Crippen molar-refractivity contribution in [1.82, 2.24) is 9.55 Å². The predicted molar refractivity (Wildman–Crippen MR) is 85.4 cm³/mol. The quantitative estimate of drug-likeness (QED) is 0.860. The smallest absolute Gasteiger partial charge is 0.330 e. The molecule has 0 saturated carbocycles. The van der Waals surface area contributed by atoms with E-state index in [0.717, 1.165) is 5.56 Å². The highest BCUT2D eigenvalue weighted by Crippen LogP contribution is 2.28. The van der Waals surface area contributed by atoms with E-state index in [4.69, 9.17) is 14.2 Å². The third-order valence-electron chi connectivity index (χ3n) is 3.64. The van der Waals surface area contributed by atoms with Gasteiger partial charge in [0.1, 0.15) is 6.73 Å². The zero-order chi connectivity index (χ0) is 17.0. The minimum atomic E-state index is -0.488. The lowest BCUT2D eigenvalue weighted by molar-refractivity contribution is 0.124.